The highest BCUT2D eigenvalue weighted by atomic mass is 19.2. The molecule has 0 unspecified atom stereocenters. The van der Waals surface area contributed by atoms with Gasteiger partial charge in [0.05, 0.1) is 11.7 Å². The second kappa shape index (κ2) is 6.12. The molecule has 1 aliphatic carbocycles. The summed E-state index contributed by atoms with van der Waals surface area (Å²) in [6, 6.07) is 4.56. The second-order valence-corrected chi connectivity index (χ2v) is 4.87. The van der Waals surface area contributed by atoms with Gasteiger partial charge in [0.15, 0.2) is 11.6 Å². The Hall–Kier alpha value is -1.47. The van der Waals surface area contributed by atoms with E-state index in [1.807, 2.05) is 6.92 Å². The number of ether oxygens (including phenoxy) is 1. The van der Waals surface area contributed by atoms with Crippen LogP contribution in [-0.2, 0) is 4.74 Å². The van der Waals surface area contributed by atoms with Crippen LogP contribution in [0, 0.1) is 23.0 Å². The van der Waals surface area contributed by atoms with Gasteiger partial charge >= 0.3 is 0 Å². The Balaban J connectivity index is 2.12. The van der Waals surface area contributed by atoms with Gasteiger partial charge in [0.2, 0.25) is 0 Å². The Morgan fingerprint density at radius 3 is 2.47 bits per heavy atom. The quantitative estimate of drug-likeness (QED) is 0.830. The van der Waals surface area contributed by atoms with E-state index in [9.17, 15) is 8.78 Å². The summed E-state index contributed by atoms with van der Waals surface area (Å²) in [7, 11) is 0. The fourth-order valence-corrected chi connectivity index (χ4v) is 2.74. The van der Waals surface area contributed by atoms with E-state index in [-0.39, 0.29) is 17.6 Å². The summed E-state index contributed by atoms with van der Waals surface area (Å²) in [5, 5.41) is 8.66. The molecule has 1 saturated carbocycles. The molecular formula is C15H17F2NO. The largest absolute Gasteiger partial charge is 0.379 e. The molecule has 0 radical (unpaired) electrons. The zero-order valence-corrected chi connectivity index (χ0v) is 11.0. The van der Waals surface area contributed by atoms with Gasteiger partial charge in [-0.15, -0.1) is 0 Å². The third kappa shape index (κ3) is 2.93. The maximum absolute atomic E-state index is 13.9. The van der Waals surface area contributed by atoms with E-state index in [4.69, 9.17) is 10.00 Å². The summed E-state index contributed by atoms with van der Waals surface area (Å²) in [5.74, 6) is -1.86. The highest BCUT2D eigenvalue weighted by Crippen LogP contribution is 2.36. The van der Waals surface area contributed by atoms with E-state index in [1.54, 1.807) is 12.1 Å². The van der Waals surface area contributed by atoms with Gasteiger partial charge in [-0.3, -0.25) is 0 Å². The molecule has 1 aromatic rings. The lowest BCUT2D eigenvalue weighted by molar-refractivity contribution is 0.0325. The summed E-state index contributed by atoms with van der Waals surface area (Å²) in [5.41, 5.74) is 0.163. The first kappa shape index (κ1) is 14.0. The van der Waals surface area contributed by atoms with Gasteiger partial charge in [-0.25, -0.2) is 8.78 Å². The van der Waals surface area contributed by atoms with Crippen LogP contribution < -0.4 is 0 Å². The van der Waals surface area contributed by atoms with E-state index >= 15 is 0 Å². The average Bonchev–Trinajstić information content (AvgIpc) is 2.43. The van der Waals surface area contributed by atoms with Crippen molar-refractivity contribution in [2.75, 3.05) is 6.61 Å². The molecule has 0 amide bonds. The predicted octanol–water partition coefficient (Wildman–Crippen LogP) is 3.90. The van der Waals surface area contributed by atoms with Gasteiger partial charge in [-0.05, 0) is 50.2 Å². The van der Waals surface area contributed by atoms with Crippen molar-refractivity contribution >= 4 is 0 Å². The van der Waals surface area contributed by atoms with Crippen LogP contribution in [0.25, 0.3) is 0 Å². The molecule has 0 spiro atoms. The topological polar surface area (TPSA) is 33.0 Å². The standard InChI is InChI=1S/C15H17F2NO/c1-2-19-12-6-3-10(4-7-12)13-8-5-11(9-18)14(16)15(13)17/h5,8,10,12H,2-4,6-7H2,1H3. The molecule has 1 aromatic carbocycles. The molecule has 0 aromatic heterocycles. The minimum absolute atomic E-state index is 0.0268. The van der Waals surface area contributed by atoms with Crippen LogP contribution in [0.2, 0.25) is 0 Å². The van der Waals surface area contributed by atoms with E-state index < -0.39 is 11.6 Å². The molecule has 0 heterocycles. The summed E-state index contributed by atoms with van der Waals surface area (Å²) in [6.45, 7) is 2.65. The van der Waals surface area contributed by atoms with Crippen molar-refractivity contribution in [1.82, 2.24) is 0 Å². The SMILES string of the molecule is CCOC1CCC(c2ccc(C#N)c(F)c2F)CC1. The van der Waals surface area contributed by atoms with Crippen LogP contribution in [-0.4, -0.2) is 12.7 Å². The first-order valence-corrected chi connectivity index (χ1v) is 6.67. The molecule has 0 saturated heterocycles. The fraction of sp³-hybridized carbons (Fsp3) is 0.533. The minimum Gasteiger partial charge on any atom is -0.379 e. The molecule has 0 N–H and O–H groups in total. The molecule has 2 rings (SSSR count). The van der Waals surface area contributed by atoms with Crippen molar-refractivity contribution in [2.24, 2.45) is 0 Å². The summed E-state index contributed by atoms with van der Waals surface area (Å²) >= 11 is 0. The van der Waals surface area contributed by atoms with Gasteiger partial charge in [-0.1, -0.05) is 6.07 Å². The maximum atomic E-state index is 13.9. The monoisotopic (exact) mass is 265 g/mol. The second-order valence-electron chi connectivity index (χ2n) is 4.87. The molecule has 2 nitrogen and oxygen atoms in total. The fourth-order valence-electron chi connectivity index (χ4n) is 2.74. The van der Waals surface area contributed by atoms with Crippen molar-refractivity contribution in [3.8, 4) is 6.07 Å². The molecule has 4 heteroatoms. The lowest BCUT2D eigenvalue weighted by Crippen LogP contribution is -2.21. The molecule has 19 heavy (non-hydrogen) atoms. The highest BCUT2D eigenvalue weighted by molar-refractivity contribution is 5.36. The Morgan fingerprint density at radius 2 is 1.89 bits per heavy atom. The number of halogens is 2. The van der Waals surface area contributed by atoms with Crippen LogP contribution in [0.4, 0.5) is 8.78 Å². The Labute approximate surface area is 112 Å². The van der Waals surface area contributed by atoms with Crippen LogP contribution in [0.3, 0.4) is 0 Å². The zero-order chi connectivity index (χ0) is 13.8. The minimum atomic E-state index is -1.02. The smallest absolute Gasteiger partial charge is 0.176 e. The maximum Gasteiger partial charge on any atom is 0.176 e. The number of nitrogens with zero attached hydrogens (tertiary/aromatic N) is 1. The van der Waals surface area contributed by atoms with E-state index in [0.717, 1.165) is 25.7 Å². The van der Waals surface area contributed by atoms with Crippen molar-refractivity contribution in [3.63, 3.8) is 0 Å². The predicted molar refractivity (Wildman–Crippen MR) is 67.7 cm³/mol. The van der Waals surface area contributed by atoms with Crippen LogP contribution >= 0.6 is 0 Å². The average molecular weight is 265 g/mol. The molecule has 0 atom stereocenters. The molecule has 0 bridgehead atoms. The highest BCUT2D eigenvalue weighted by Gasteiger charge is 2.26. The third-order valence-corrected chi connectivity index (χ3v) is 3.75. The number of rotatable bonds is 3. The lowest BCUT2D eigenvalue weighted by atomic mass is 9.82. The van der Waals surface area contributed by atoms with Gasteiger partial charge in [0.1, 0.15) is 6.07 Å². The van der Waals surface area contributed by atoms with Crippen molar-refractivity contribution in [3.05, 3.63) is 34.9 Å². The number of benzene rings is 1. The van der Waals surface area contributed by atoms with Crippen LogP contribution in [0.1, 0.15) is 49.7 Å². The Kier molecular flexibility index (Phi) is 4.49. The third-order valence-electron chi connectivity index (χ3n) is 3.75. The number of hydrogen-bond acceptors (Lipinski definition) is 2. The lowest BCUT2D eigenvalue weighted by Gasteiger charge is -2.28. The Bertz CT molecular complexity index is 488. The first-order chi connectivity index (χ1) is 9.17. The van der Waals surface area contributed by atoms with E-state index in [2.05, 4.69) is 0 Å². The summed E-state index contributed by atoms with van der Waals surface area (Å²) in [6.07, 6.45) is 3.59. The van der Waals surface area contributed by atoms with E-state index in [0.29, 0.717) is 12.2 Å². The van der Waals surface area contributed by atoms with Crippen molar-refractivity contribution < 1.29 is 13.5 Å². The molecule has 0 aliphatic heterocycles. The molecule has 1 aliphatic rings. The molecular weight excluding hydrogens is 248 g/mol. The molecule has 1 fully saturated rings. The van der Waals surface area contributed by atoms with Crippen molar-refractivity contribution in [1.29, 1.82) is 5.26 Å². The van der Waals surface area contributed by atoms with Crippen LogP contribution in [0.5, 0.6) is 0 Å². The van der Waals surface area contributed by atoms with E-state index in [1.165, 1.54) is 6.07 Å². The van der Waals surface area contributed by atoms with Gasteiger partial charge in [0, 0.05) is 6.61 Å². The van der Waals surface area contributed by atoms with Crippen LogP contribution in [0.15, 0.2) is 12.1 Å². The number of hydrogen-bond donors (Lipinski definition) is 0. The summed E-state index contributed by atoms with van der Waals surface area (Å²) in [4.78, 5) is 0. The Morgan fingerprint density at radius 1 is 1.21 bits per heavy atom. The first-order valence-electron chi connectivity index (χ1n) is 6.67. The van der Waals surface area contributed by atoms with Gasteiger partial charge in [-0.2, -0.15) is 5.26 Å². The van der Waals surface area contributed by atoms with Crippen molar-refractivity contribution in [2.45, 2.75) is 44.6 Å². The number of nitriles is 1. The zero-order valence-electron chi connectivity index (χ0n) is 11.0. The molecule has 102 valence electrons. The van der Waals surface area contributed by atoms with Gasteiger partial charge < -0.3 is 4.74 Å². The normalized spacial score (nSPS) is 23.1. The summed E-state index contributed by atoms with van der Waals surface area (Å²) < 4.78 is 33.1. The van der Waals surface area contributed by atoms with Gasteiger partial charge in [0.25, 0.3) is 0 Å².